The van der Waals surface area contributed by atoms with Crippen LogP contribution in [0.4, 0.5) is 10.1 Å². The zero-order chi connectivity index (χ0) is 20.8. The molecule has 0 bridgehead atoms. The quantitative estimate of drug-likeness (QED) is 0.287. The summed E-state index contributed by atoms with van der Waals surface area (Å²) in [6.45, 7) is 3.62. The van der Waals surface area contributed by atoms with Crippen molar-refractivity contribution in [1.82, 2.24) is 24.5 Å². The smallest absolute Gasteiger partial charge is 0.316 e. The summed E-state index contributed by atoms with van der Waals surface area (Å²) in [4.78, 5) is 15.5. The SMILES string of the molecule is CC(C)(F)Cn1nc(I)c2cnc(-c3nn(C4CCCCO4)cc3[N+](=O)[O-])cc21. The second kappa shape index (κ2) is 7.59. The van der Waals surface area contributed by atoms with Crippen molar-refractivity contribution < 1.29 is 14.1 Å². The lowest BCUT2D eigenvalue weighted by atomic mass is 10.1. The third-order valence-electron chi connectivity index (χ3n) is 4.72. The Morgan fingerprint density at radius 2 is 2.21 bits per heavy atom. The van der Waals surface area contributed by atoms with Crippen LogP contribution < -0.4 is 0 Å². The van der Waals surface area contributed by atoms with Crippen molar-refractivity contribution in [2.75, 3.05) is 6.61 Å². The van der Waals surface area contributed by atoms with E-state index in [2.05, 4.69) is 37.8 Å². The first kappa shape index (κ1) is 20.1. The number of pyridine rings is 1. The predicted molar refractivity (Wildman–Crippen MR) is 112 cm³/mol. The molecule has 4 rings (SSSR count). The Kier molecular flexibility index (Phi) is 5.27. The number of ether oxygens (including phenoxy) is 1. The fourth-order valence-corrected chi connectivity index (χ4v) is 4.09. The topological polar surface area (TPSA) is 101 Å². The molecule has 1 saturated heterocycles. The first-order valence-corrected chi connectivity index (χ1v) is 10.4. The maximum Gasteiger partial charge on any atom is 0.316 e. The molecule has 0 radical (unpaired) electrons. The van der Waals surface area contributed by atoms with E-state index >= 15 is 0 Å². The number of hydrogen-bond acceptors (Lipinski definition) is 6. The summed E-state index contributed by atoms with van der Waals surface area (Å²) in [5.74, 6) is 0. The molecular formula is C18H20FIN6O3. The molecule has 4 heterocycles. The summed E-state index contributed by atoms with van der Waals surface area (Å²) in [7, 11) is 0. The molecule has 3 aromatic heterocycles. The van der Waals surface area contributed by atoms with Gasteiger partial charge >= 0.3 is 5.69 Å². The fraction of sp³-hybridized carbons (Fsp3) is 0.500. The normalized spacial score (nSPS) is 17.7. The van der Waals surface area contributed by atoms with Gasteiger partial charge in [-0.1, -0.05) is 0 Å². The van der Waals surface area contributed by atoms with Crippen LogP contribution in [0.5, 0.6) is 0 Å². The van der Waals surface area contributed by atoms with E-state index in [1.165, 1.54) is 24.7 Å². The second-order valence-electron chi connectivity index (χ2n) is 7.68. The summed E-state index contributed by atoms with van der Waals surface area (Å²) < 4.78 is 23.7. The van der Waals surface area contributed by atoms with Crippen molar-refractivity contribution >= 4 is 39.2 Å². The molecular weight excluding hydrogens is 494 g/mol. The standard InChI is InChI=1S/C18H20FIN6O3/c1-18(2,19)10-25-13-7-12(21-8-11(13)17(20)23-25)16-14(26(27)28)9-24(22-16)15-5-3-4-6-29-15/h7-9,15H,3-6,10H2,1-2H3. The van der Waals surface area contributed by atoms with Crippen molar-refractivity contribution in [3.05, 3.63) is 32.3 Å². The summed E-state index contributed by atoms with van der Waals surface area (Å²) in [5, 5.41) is 21.2. The molecule has 3 aromatic rings. The summed E-state index contributed by atoms with van der Waals surface area (Å²) in [6, 6.07) is 1.68. The Morgan fingerprint density at radius 3 is 2.86 bits per heavy atom. The molecule has 11 heteroatoms. The highest BCUT2D eigenvalue weighted by molar-refractivity contribution is 14.1. The highest BCUT2D eigenvalue weighted by Gasteiger charge is 2.27. The van der Waals surface area contributed by atoms with E-state index in [1.807, 2.05) is 0 Å². The predicted octanol–water partition coefficient (Wildman–Crippen LogP) is 4.25. The molecule has 1 aliphatic heterocycles. The van der Waals surface area contributed by atoms with E-state index in [1.54, 1.807) is 16.9 Å². The minimum absolute atomic E-state index is 0.0579. The molecule has 1 fully saturated rings. The molecule has 0 saturated carbocycles. The minimum Gasteiger partial charge on any atom is -0.357 e. The second-order valence-corrected chi connectivity index (χ2v) is 8.70. The maximum absolute atomic E-state index is 14.2. The van der Waals surface area contributed by atoms with E-state index < -0.39 is 10.6 Å². The number of nitrogens with zero attached hydrogens (tertiary/aromatic N) is 6. The highest BCUT2D eigenvalue weighted by Crippen LogP contribution is 2.33. The summed E-state index contributed by atoms with van der Waals surface area (Å²) in [6.07, 6.45) is 5.37. The molecule has 0 spiro atoms. The number of nitro groups is 1. The average Bonchev–Trinajstić information content (AvgIpc) is 3.23. The zero-order valence-electron chi connectivity index (χ0n) is 16.0. The number of rotatable bonds is 5. The Hall–Kier alpha value is -2.15. The van der Waals surface area contributed by atoms with Crippen LogP contribution in [-0.4, -0.2) is 41.7 Å². The van der Waals surface area contributed by atoms with Crippen molar-refractivity contribution in [2.24, 2.45) is 0 Å². The molecule has 1 aliphatic rings. The number of fused-ring (bicyclic) bond motifs is 1. The minimum atomic E-state index is -1.46. The molecule has 29 heavy (non-hydrogen) atoms. The molecule has 0 aromatic carbocycles. The van der Waals surface area contributed by atoms with E-state index in [9.17, 15) is 14.5 Å². The molecule has 0 N–H and O–H groups in total. The van der Waals surface area contributed by atoms with Gasteiger partial charge in [-0.2, -0.15) is 10.2 Å². The van der Waals surface area contributed by atoms with Crippen LogP contribution in [0.25, 0.3) is 22.3 Å². The van der Waals surface area contributed by atoms with E-state index in [-0.39, 0.29) is 24.2 Å². The summed E-state index contributed by atoms with van der Waals surface area (Å²) in [5.41, 5.74) is -0.445. The molecule has 9 nitrogen and oxygen atoms in total. The average molecular weight is 514 g/mol. The van der Waals surface area contributed by atoms with Gasteiger partial charge in [0, 0.05) is 12.8 Å². The van der Waals surface area contributed by atoms with Crippen molar-refractivity contribution in [3.63, 3.8) is 0 Å². The first-order chi connectivity index (χ1) is 13.7. The third kappa shape index (κ3) is 4.10. The lowest BCUT2D eigenvalue weighted by Gasteiger charge is -2.22. The van der Waals surface area contributed by atoms with Crippen molar-refractivity contribution in [1.29, 1.82) is 0 Å². The Bertz CT molecular complexity index is 1070. The van der Waals surface area contributed by atoms with Gasteiger partial charge in [0.1, 0.15) is 21.8 Å². The Morgan fingerprint density at radius 1 is 1.41 bits per heavy atom. The number of aromatic nitrogens is 5. The Balaban J connectivity index is 1.80. The number of halogens is 2. The molecule has 0 amide bonds. The van der Waals surface area contributed by atoms with Crippen molar-refractivity contribution in [2.45, 2.75) is 51.6 Å². The van der Waals surface area contributed by atoms with Crippen LogP contribution >= 0.6 is 22.6 Å². The summed E-state index contributed by atoms with van der Waals surface area (Å²) >= 11 is 2.07. The van der Waals surface area contributed by atoms with Crippen molar-refractivity contribution in [3.8, 4) is 11.4 Å². The van der Waals surface area contributed by atoms with Gasteiger partial charge in [-0.25, -0.2) is 9.07 Å². The van der Waals surface area contributed by atoms with Crippen LogP contribution in [0.3, 0.4) is 0 Å². The van der Waals surface area contributed by atoms with E-state index in [4.69, 9.17) is 4.74 Å². The van der Waals surface area contributed by atoms with E-state index in [0.717, 1.165) is 24.6 Å². The molecule has 154 valence electrons. The van der Waals surface area contributed by atoms with Gasteiger partial charge in [-0.3, -0.25) is 19.8 Å². The van der Waals surface area contributed by atoms with Crippen LogP contribution in [0, 0.1) is 13.8 Å². The maximum atomic E-state index is 14.2. The monoisotopic (exact) mass is 514 g/mol. The third-order valence-corrected chi connectivity index (χ3v) is 5.52. The van der Waals surface area contributed by atoms with E-state index in [0.29, 0.717) is 21.5 Å². The van der Waals surface area contributed by atoms with Gasteiger partial charge in [0.25, 0.3) is 0 Å². The van der Waals surface area contributed by atoms with Gasteiger partial charge in [0.05, 0.1) is 28.1 Å². The van der Waals surface area contributed by atoms with Gasteiger partial charge in [0.2, 0.25) is 0 Å². The van der Waals surface area contributed by atoms with Crippen LogP contribution in [0.1, 0.15) is 39.3 Å². The fourth-order valence-electron chi connectivity index (χ4n) is 3.42. The van der Waals surface area contributed by atoms with Gasteiger partial charge in [0.15, 0.2) is 5.69 Å². The lowest BCUT2D eigenvalue weighted by Crippen LogP contribution is -2.21. The van der Waals surface area contributed by atoms with Gasteiger partial charge < -0.3 is 4.74 Å². The first-order valence-electron chi connectivity index (χ1n) is 9.29. The molecule has 1 atom stereocenters. The highest BCUT2D eigenvalue weighted by atomic mass is 127. The van der Waals surface area contributed by atoms with Gasteiger partial charge in [-0.15, -0.1) is 0 Å². The molecule has 0 aliphatic carbocycles. The van der Waals surface area contributed by atoms with Crippen LogP contribution in [-0.2, 0) is 11.3 Å². The Labute approximate surface area is 179 Å². The molecule has 1 unspecified atom stereocenters. The zero-order valence-corrected chi connectivity index (χ0v) is 18.2. The number of hydrogen-bond donors (Lipinski definition) is 0. The van der Waals surface area contributed by atoms with Crippen LogP contribution in [0.15, 0.2) is 18.5 Å². The van der Waals surface area contributed by atoms with Gasteiger partial charge in [-0.05, 0) is 61.8 Å². The van der Waals surface area contributed by atoms with Crippen LogP contribution in [0.2, 0.25) is 0 Å². The number of alkyl halides is 1. The largest absolute Gasteiger partial charge is 0.357 e. The lowest BCUT2D eigenvalue weighted by molar-refractivity contribution is -0.384.